The Hall–Kier alpha value is -1.63. The van der Waals surface area contributed by atoms with Gasteiger partial charge in [0.15, 0.2) is 0 Å². The van der Waals surface area contributed by atoms with Gasteiger partial charge in [-0.25, -0.2) is 4.79 Å². The lowest BCUT2D eigenvalue weighted by Gasteiger charge is -2.23. The van der Waals surface area contributed by atoms with Crippen LogP contribution in [-0.2, 0) is 14.3 Å². The molecule has 0 aliphatic carbocycles. The topological polar surface area (TPSA) is 96.5 Å². The fraction of sp³-hybridized carbons (Fsp3) is 0.786. The summed E-state index contributed by atoms with van der Waals surface area (Å²) < 4.78 is 5.06. The van der Waals surface area contributed by atoms with Crippen LogP contribution in [-0.4, -0.2) is 42.6 Å². The molecule has 3 N–H and O–H groups in total. The molecule has 0 aromatic carbocycles. The van der Waals surface area contributed by atoms with E-state index in [1.54, 1.807) is 20.8 Å². The molecule has 21 heavy (non-hydrogen) atoms. The lowest BCUT2D eigenvalue weighted by molar-refractivity contribution is -0.134. The van der Waals surface area contributed by atoms with E-state index in [0.29, 0.717) is 12.8 Å². The van der Waals surface area contributed by atoms with E-state index in [4.69, 9.17) is 4.74 Å². The van der Waals surface area contributed by atoms with E-state index in [1.165, 1.54) is 6.92 Å². The molecule has 1 aliphatic heterocycles. The third-order valence-electron chi connectivity index (χ3n) is 3.08. The Morgan fingerprint density at radius 1 is 1.19 bits per heavy atom. The van der Waals surface area contributed by atoms with E-state index in [0.717, 1.165) is 13.1 Å². The second-order valence-electron chi connectivity index (χ2n) is 6.25. The van der Waals surface area contributed by atoms with E-state index in [9.17, 15) is 14.4 Å². The summed E-state index contributed by atoms with van der Waals surface area (Å²) in [5, 5.41) is 7.90. The molecule has 3 amide bonds. The van der Waals surface area contributed by atoms with Gasteiger partial charge in [0, 0.05) is 5.92 Å². The molecule has 0 spiro atoms. The van der Waals surface area contributed by atoms with Crippen LogP contribution in [0.15, 0.2) is 0 Å². The van der Waals surface area contributed by atoms with Gasteiger partial charge in [-0.15, -0.1) is 0 Å². The number of rotatable bonds is 3. The van der Waals surface area contributed by atoms with Crippen molar-refractivity contribution in [3.63, 3.8) is 0 Å². The van der Waals surface area contributed by atoms with Crippen molar-refractivity contribution in [3.05, 3.63) is 0 Å². The Kier molecular flexibility index (Phi) is 6.14. The highest BCUT2D eigenvalue weighted by Crippen LogP contribution is 2.11. The molecule has 7 heteroatoms. The molecule has 120 valence electrons. The van der Waals surface area contributed by atoms with Crippen molar-refractivity contribution in [1.29, 1.82) is 0 Å². The molecular weight excluding hydrogens is 274 g/mol. The summed E-state index contributed by atoms with van der Waals surface area (Å²) in [5.41, 5.74) is -0.634. The predicted octanol–water partition coefficient (Wildman–Crippen LogP) is 0.542. The van der Waals surface area contributed by atoms with Crippen LogP contribution in [0.3, 0.4) is 0 Å². The molecule has 7 nitrogen and oxygen atoms in total. The molecule has 1 unspecified atom stereocenters. The Bertz CT molecular complexity index is 398. The fourth-order valence-electron chi connectivity index (χ4n) is 1.97. The van der Waals surface area contributed by atoms with Gasteiger partial charge < -0.3 is 15.4 Å². The highest BCUT2D eigenvalue weighted by atomic mass is 16.6. The van der Waals surface area contributed by atoms with Crippen molar-refractivity contribution < 1.29 is 19.1 Å². The van der Waals surface area contributed by atoms with Crippen molar-refractivity contribution in [2.75, 3.05) is 13.1 Å². The van der Waals surface area contributed by atoms with Crippen molar-refractivity contribution in [3.8, 4) is 0 Å². The molecule has 0 saturated carbocycles. The van der Waals surface area contributed by atoms with Crippen LogP contribution in [0.4, 0.5) is 4.79 Å². The molecule has 1 saturated heterocycles. The van der Waals surface area contributed by atoms with Crippen LogP contribution in [0, 0.1) is 5.92 Å². The number of hydrogen-bond donors (Lipinski definition) is 3. The van der Waals surface area contributed by atoms with Crippen LogP contribution in [0.1, 0.15) is 40.5 Å². The Labute approximate surface area is 125 Å². The Morgan fingerprint density at radius 2 is 1.76 bits per heavy atom. The first kappa shape index (κ1) is 17.4. The van der Waals surface area contributed by atoms with Crippen LogP contribution in [0.25, 0.3) is 0 Å². The molecule has 1 fully saturated rings. The number of ether oxygens (including phenoxy) is 1. The molecular formula is C14H25N3O4. The molecule has 1 aliphatic rings. The van der Waals surface area contributed by atoms with Gasteiger partial charge in [0.25, 0.3) is 0 Å². The van der Waals surface area contributed by atoms with Crippen LogP contribution in [0.5, 0.6) is 0 Å². The van der Waals surface area contributed by atoms with Gasteiger partial charge in [0.2, 0.25) is 11.8 Å². The predicted molar refractivity (Wildman–Crippen MR) is 77.6 cm³/mol. The zero-order valence-electron chi connectivity index (χ0n) is 13.1. The average Bonchev–Trinajstić information content (AvgIpc) is 2.37. The van der Waals surface area contributed by atoms with Gasteiger partial charge >= 0.3 is 6.09 Å². The summed E-state index contributed by atoms with van der Waals surface area (Å²) in [4.78, 5) is 35.4. The third kappa shape index (κ3) is 6.57. The average molecular weight is 299 g/mol. The van der Waals surface area contributed by atoms with Gasteiger partial charge in [0.05, 0.1) is 0 Å². The summed E-state index contributed by atoms with van der Waals surface area (Å²) in [6.07, 6.45) is 0.749. The second-order valence-corrected chi connectivity index (χ2v) is 6.25. The summed E-state index contributed by atoms with van der Waals surface area (Å²) in [7, 11) is 0. The van der Waals surface area contributed by atoms with Crippen molar-refractivity contribution >= 4 is 17.9 Å². The number of carbonyl (C=O) groups excluding carboxylic acids is 3. The number of carbonyl (C=O) groups is 3. The molecule has 0 aromatic heterocycles. The van der Waals surface area contributed by atoms with E-state index in [2.05, 4.69) is 16.0 Å². The number of nitrogens with one attached hydrogen (secondary N) is 3. The van der Waals surface area contributed by atoms with E-state index in [-0.39, 0.29) is 11.8 Å². The maximum Gasteiger partial charge on any atom is 0.408 e. The van der Waals surface area contributed by atoms with E-state index in [1.807, 2.05) is 0 Å². The van der Waals surface area contributed by atoms with Crippen molar-refractivity contribution in [2.45, 2.75) is 52.2 Å². The summed E-state index contributed by atoms with van der Waals surface area (Å²) in [5.74, 6) is -0.951. The fourth-order valence-corrected chi connectivity index (χ4v) is 1.97. The van der Waals surface area contributed by atoms with Gasteiger partial charge in [-0.2, -0.15) is 0 Å². The number of alkyl carbamates (subject to hydrolysis) is 1. The molecule has 1 rings (SSSR count). The zero-order chi connectivity index (χ0) is 16.0. The minimum absolute atomic E-state index is 0.149. The quantitative estimate of drug-likeness (QED) is 0.707. The van der Waals surface area contributed by atoms with E-state index >= 15 is 0 Å². The first-order valence-corrected chi connectivity index (χ1v) is 7.24. The minimum atomic E-state index is -0.828. The second kappa shape index (κ2) is 7.40. The summed E-state index contributed by atoms with van der Waals surface area (Å²) >= 11 is 0. The zero-order valence-corrected chi connectivity index (χ0v) is 13.1. The lowest BCUT2D eigenvalue weighted by atomic mass is 9.97. The van der Waals surface area contributed by atoms with Crippen LogP contribution >= 0.6 is 0 Å². The Balaban J connectivity index is 2.39. The standard InChI is InChI=1S/C14H25N3O4/c1-9(16-13(20)21-14(2,3)4)11(18)17-12(19)10-5-7-15-8-6-10/h9-10,15H,5-8H2,1-4H3,(H,16,20)(H,17,18,19). The van der Waals surface area contributed by atoms with Crippen LogP contribution in [0.2, 0.25) is 0 Å². The monoisotopic (exact) mass is 299 g/mol. The van der Waals surface area contributed by atoms with Crippen molar-refractivity contribution in [2.24, 2.45) is 5.92 Å². The number of amides is 3. The first-order valence-electron chi connectivity index (χ1n) is 7.24. The smallest absolute Gasteiger partial charge is 0.408 e. The Morgan fingerprint density at radius 3 is 2.29 bits per heavy atom. The summed E-state index contributed by atoms with van der Waals surface area (Å²) in [6, 6.07) is -0.828. The van der Waals surface area contributed by atoms with Gasteiger partial charge in [-0.3, -0.25) is 14.9 Å². The van der Waals surface area contributed by atoms with E-state index < -0.39 is 23.6 Å². The van der Waals surface area contributed by atoms with Gasteiger partial charge in [-0.1, -0.05) is 0 Å². The molecule has 1 heterocycles. The van der Waals surface area contributed by atoms with Gasteiger partial charge in [-0.05, 0) is 53.6 Å². The largest absolute Gasteiger partial charge is 0.444 e. The van der Waals surface area contributed by atoms with Crippen molar-refractivity contribution in [1.82, 2.24) is 16.0 Å². The highest BCUT2D eigenvalue weighted by molar-refractivity contribution is 5.99. The molecule has 0 bridgehead atoms. The lowest BCUT2D eigenvalue weighted by Crippen LogP contribution is -2.50. The van der Waals surface area contributed by atoms with Gasteiger partial charge in [0.1, 0.15) is 11.6 Å². The number of hydrogen-bond acceptors (Lipinski definition) is 5. The maximum atomic E-state index is 11.9. The maximum absolute atomic E-state index is 11.9. The minimum Gasteiger partial charge on any atom is -0.444 e. The first-order chi connectivity index (χ1) is 9.69. The normalized spacial score (nSPS) is 17.7. The highest BCUT2D eigenvalue weighted by Gasteiger charge is 2.26. The van der Waals surface area contributed by atoms with Crippen LogP contribution < -0.4 is 16.0 Å². The summed E-state index contributed by atoms with van der Waals surface area (Å²) in [6.45, 7) is 8.26. The third-order valence-corrected chi connectivity index (χ3v) is 3.08. The molecule has 1 atom stereocenters. The number of imide groups is 1. The SMILES string of the molecule is CC(NC(=O)OC(C)(C)C)C(=O)NC(=O)C1CCNCC1. The number of piperidine rings is 1. The molecule has 0 radical (unpaired) electrons. The molecule has 0 aromatic rings.